The van der Waals surface area contributed by atoms with Crippen LogP contribution in [0, 0.1) is 11.3 Å². The molecular formula is C22H33N3O. The average Bonchev–Trinajstić information content (AvgIpc) is 2.96. The van der Waals surface area contributed by atoms with Crippen molar-refractivity contribution in [3.63, 3.8) is 0 Å². The van der Waals surface area contributed by atoms with E-state index in [9.17, 15) is 4.79 Å². The Labute approximate surface area is 157 Å². The SMILES string of the molecule is CCC(=O)N1Cc2ccccc2CC2(CCN(CC3CCNCC3)C2)C1. The molecule has 1 spiro atoms. The largest absolute Gasteiger partial charge is 0.338 e. The van der Waals surface area contributed by atoms with Crippen LogP contribution in [0.15, 0.2) is 24.3 Å². The summed E-state index contributed by atoms with van der Waals surface area (Å²) in [5.41, 5.74) is 3.05. The van der Waals surface area contributed by atoms with Crippen molar-refractivity contribution in [1.29, 1.82) is 0 Å². The van der Waals surface area contributed by atoms with E-state index in [1.165, 1.54) is 56.6 Å². The highest BCUT2D eigenvalue weighted by atomic mass is 16.2. The fourth-order valence-electron chi connectivity index (χ4n) is 5.30. The maximum atomic E-state index is 12.6. The molecule has 3 aliphatic rings. The number of fused-ring (bicyclic) bond motifs is 1. The van der Waals surface area contributed by atoms with Crippen LogP contribution in [0.2, 0.25) is 0 Å². The van der Waals surface area contributed by atoms with Gasteiger partial charge in [0.25, 0.3) is 0 Å². The lowest BCUT2D eigenvalue weighted by Gasteiger charge is -2.34. The summed E-state index contributed by atoms with van der Waals surface area (Å²) in [7, 11) is 0. The molecule has 1 amide bonds. The van der Waals surface area contributed by atoms with Gasteiger partial charge in [-0.05, 0) is 62.4 Å². The lowest BCUT2D eigenvalue weighted by molar-refractivity contribution is -0.132. The molecule has 26 heavy (non-hydrogen) atoms. The van der Waals surface area contributed by atoms with Crippen LogP contribution in [0.1, 0.15) is 43.7 Å². The van der Waals surface area contributed by atoms with Crippen LogP contribution in [0.25, 0.3) is 0 Å². The summed E-state index contributed by atoms with van der Waals surface area (Å²) in [5.74, 6) is 1.15. The third-order valence-electron chi connectivity index (χ3n) is 6.72. The molecular weight excluding hydrogens is 322 g/mol. The second-order valence-electron chi connectivity index (χ2n) is 8.73. The van der Waals surface area contributed by atoms with Gasteiger partial charge >= 0.3 is 0 Å². The van der Waals surface area contributed by atoms with Crippen molar-refractivity contribution in [3.8, 4) is 0 Å². The van der Waals surface area contributed by atoms with Gasteiger partial charge < -0.3 is 15.1 Å². The van der Waals surface area contributed by atoms with Crippen LogP contribution in [0.5, 0.6) is 0 Å². The molecule has 3 aliphatic heterocycles. The Morgan fingerprint density at radius 3 is 2.73 bits per heavy atom. The first kappa shape index (κ1) is 18.0. The van der Waals surface area contributed by atoms with E-state index in [2.05, 4.69) is 39.4 Å². The number of likely N-dealkylation sites (tertiary alicyclic amines) is 1. The molecule has 0 radical (unpaired) electrons. The van der Waals surface area contributed by atoms with Gasteiger partial charge in [0.05, 0.1) is 0 Å². The van der Waals surface area contributed by atoms with Crippen LogP contribution >= 0.6 is 0 Å². The van der Waals surface area contributed by atoms with E-state index in [0.717, 1.165) is 32.0 Å². The first-order valence-corrected chi connectivity index (χ1v) is 10.5. The second kappa shape index (κ2) is 7.69. The van der Waals surface area contributed by atoms with Crippen molar-refractivity contribution >= 4 is 5.91 Å². The molecule has 1 unspecified atom stereocenters. The van der Waals surface area contributed by atoms with E-state index in [0.29, 0.717) is 12.3 Å². The number of piperidine rings is 1. The van der Waals surface area contributed by atoms with Gasteiger partial charge in [-0.1, -0.05) is 31.2 Å². The van der Waals surface area contributed by atoms with Crippen molar-refractivity contribution in [2.75, 3.05) is 39.3 Å². The van der Waals surface area contributed by atoms with Crippen molar-refractivity contribution in [2.45, 2.75) is 45.6 Å². The molecule has 1 aromatic carbocycles. The van der Waals surface area contributed by atoms with Gasteiger partial charge in [-0.25, -0.2) is 0 Å². The molecule has 142 valence electrons. The molecule has 0 bridgehead atoms. The number of rotatable bonds is 3. The Kier molecular flexibility index (Phi) is 5.32. The molecule has 4 rings (SSSR count). The molecule has 1 aromatic rings. The highest BCUT2D eigenvalue weighted by Crippen LogP contribution is 2.39. The van der Waals surface area contributed by atoms with Gasteiger partial charge in [0.15, 0.2) is 0 Å². The fraction of sp³-hybridized carbons (Fsp3) is 0.682. The van der Waals surface area contributed by atoms with E-state index >= 15 is 0 Å². The smallest absolute Gasteiger partial charge is 0.222 e. The van der Waals surface area contributed by atoms with Gasteiger partial charge in [0.1, 0.15) is 0 Å². The third kappa shape index (κ3) is 3.81. The molecule has 2 fully saturated rings. The Balaban J connectivity index is 1.51. The zero-order valence-electron chi connectivity index (χ0n) is 16.2. The highest BCUT2D eigenvalue weighted by Gasteiger charge is 2.42. The quantitative estimate of drug-likeness (QED) is 0.905. The molecule has 3 heterocycles. The Bertz CT molecular complexity index is 640. The van der Waals surface area contributed by atoms with E-state index in [1.54, 1.807) is 0 Å². The highest BCUT2D eigenvalue weighted by molar-refractivity contribution is 5.76. The predicted octanol–water partition coefficient (Wildman–Crippen LogP) is 2.67. The summed E-state index contributed by atoms with van der Waals surface area (Å²) in [5, 5.41) is 3.48. The van der Waals surface area contributed by atoms with Crippen molar-refractivity contribution in [2.24, 2.45) is 11.3 Å². The second-order valence-corrected chi connectivity index (χ2v) is 8.73. The minimum Gasteiger partial charge on any atom is -0.338 e. The lowest BCUT2D eigenvalue weighted by atomic mass is 9.80. The number of carbonyl (C=O) groups excluding carboxylic acids is 1. The van der Waals surface area contributed by atoms with Gasteiger partial charge in [-0.2, -0.15) is 0 Å². The number of nitrogens with zero attached hydrogens (tertiary/aromatic N) is 2. The average molecular weight is 356 g/mol. The Morgan fingerprint density at radius 2 is 1.96 bits per heavy atom. The van der Waals surface area contributed by atoms with Crippen LogP contribution in [0.3, 0.4) is 0 Å². The maximum Gasteiger partial charge on any atom is 0.222 e. The van der Waals surface area contributed by atoms with E-state index in [4.69, 9.17) is 0 Å². The lowest BCUT2D eigenvalue weighted by Crippen LogP contribution is -2.42. The summed E-state index contributed by atoms with van der Waals surface area (Å²) in [4.78, 5) is 17.4. The number of benzene rings is 1. The molecule has 0 aliphatic carbocycles. The molecule has 1 N–H and O–H groups in total. The van der Waals surface area contributed by atoms with Crippen LogP contribution < -0.4 is 5.32 Å². The zero-order valence-corrected chi connectivity index (χ0v) is 16.2. The van der Waals surface area contributed by atoms with Gasteiger partial charge in [0, 0.05) is 38.0 Å². The van der Waals surface area contributed by atoms with E-state index in [1.807, 2.05) is 6.92 Å². The Hall–Kier alpha value is -1.39. The topological polar surface area (TPSA) is 35.6 Å². The first-order valence-electron chi connectivity index (χ1n) is 10.5. The number of hydrogen-bond acceptors (Lipinski definition) is 3. The van der Waals surface area contributed by atoms with Gasteiger partial charge in [-0.15, -0.1) is 0 Å². The molecule has 0 saturated carbocycles. The molecule has 4 nitrogen and oxygen atoms in total. The van der Waals surface area contributed by atoms with E-state index < -0.39 is 0 Å². The fourth-order valence-corrected chi connectivity index (χ4v) is 5.30. The van der Waals surface area contributed by atoms with Crippen molar-refractivity contribution < 1.29 is 4.79 Å². The summed E-state index contributed by atoms with van der Waals surface area (Å²) in [6.45, 7) is 9.65. The molecule has 0 aromatic heterocycles. The first-order chi connectivity index (χ1) is 12.7. The minimum atomic E-state index is 0.240. The number of hydrogen-bond donors (Lipinski definition) is 1. The van der Waals surface area contributed by atoms with Crippen molar-refractivity contribution in [1.82, 2.24) is 15.1 Å². The van der Waals surface area contributed by atoms with Crippen LogP contribution in [-0.2, 0) is 17.8 Å². The summed E-state index contributed by atoms with van der Waals surface area (Å²) in [6, 6.07) is 8.77. The Morgan fingerprint density at radius 1 is 1.19 bits per heavy atom. The normalized spacial score (nSPS) is 27.5. The molecule has 1 atom stereocenters. The van der Waals surface area contributed by atoms with Gasteiger partial charge in [-0.3, -0.25) is 4.79 Å². The zero-order chi connectivity index (χ0) is 18.0. The third-order valence-corrected chi connectivity index (χ3v) is 6.72. The minimum absolute atomic E-state index is 0.240. The number of amides is 1. The summed E-state index contributed by atoms with van der Waals surface area (Å²) in [6.07, 6.45) is 5.58. The van der Waals surface area contributed by atoms with Crippen LogP contribution in [0.4, 0.5) is 0 Å². The summed E-state index contributed by atoms with van der Waals surface area (Å²) < 4.78 is 0. The monoisotopic (exact) mass is 355 g/mol. The van der Waals surface area contributed by atoms with Gasteiger partial charge in [0.2, 0.25) is 5.91 Å². The van der Waals surface area contributed by atoms with Crippen molar-refractivity contribution in [3.05, 3.63) is 35.4 Å². The molecule has 2 saturated heterocycles. The number of nitrogens with one attached hydrogen (secondary N) is 1. The predicted molar refractivity (Wildman–Crippen MR) is 105 cm³/mol. The number of carbonyl (C=O) groups is 1. The summed E-state index contributed by atoms with van der Waals surface area (Å²) >= 11 is 0. The molecule has 4 heteroatoms. The standard InChI is InChI=1S/C22H33N3O/c1-2-21(26)25-15-20-6-4-3-5-19(20)13-22(17-25)9-12-24(16-22)14-18-7-10-23-11-8-18/h3-6,18,23H,2,7-17H2,1H3. The van der Waals surface area contributed by atoms with E-state index in [-0.39, 0.29) is 5.41 Å². The van der Waals surface area contributed by atoms with Crippen LogP contribution in [-0.4, -0.2) is 55.0 Å². The maximum absolute atomic E-state index is 12.6.